The Balaban J connectivity index is 1.74. The third-order valence-corrected chi connectivity index (χ3v) is 13.0. The summed E-state index contributed by atoms with van der Waals surface area (Å²) in [5.74, 6) is -7.32. The summed E-state index contributed by atoms with van der Waals surface area (Å²) >= 11 is 0. The Labute approximate surface area is 333 Å². The molecule has 2 bridgehead atoms. The first-order valence-corrected chi connectivity index (χ1v) is 20.9. The van der Waals surface area contributed by atoms with Gasteiger partial charge in [-0.05, 0) is 95.5 Å². The molecule has 12 nitrogen and oxygen atoms in total. The summed E-state index contributed by atoms with van der Waals surface area (Å²) in [5.41, 5.74) is 1.79. The summed E-state index contributed by atoms with van der Waals surface area (Å²) < 4.78 is 18.7. The van der Waals surface area contributed by atoms with Crippen LogP contribution in [0.3, 0.4) is 0 Å². The molecule has 1 amide bonds. The van der Waals surface area contributed by atoms with Gasteiger partial charge in [-0.2, -0.15) is 0 Å². The number of allylic oxidation sites excluding steroid dienone is 4. The zero-order valence-corrected chi connectivity index (χ0v) is 34.5. The molecule has 3 aliphatic heterocycles. The normalized spacial score (nSPS) is 41.5. The number of carbonyl (C=O) groups is 4. The minimum Gasteiger partial charge on any atom is -0.396 e. The van der Waals surface area contributed by atoms with Crippen LogP contribution < -0.4 is 0 Å². The fourth-order valence-electron chi connectivity index (χ4n) is 9.63. The fourth-order valence-corrected chi connectivity index (χ4v) is 9.63. The first kappa shape index (κ1) is 46.1. The summed E-state index contributed by atoms with van der Waals surface area (Å²) in [6, 6.07) is -0.516. The quantitative estimate of drug-likeness (QED) is 0.162. The number of rotatable bonds is 7. The smallest absolute Gasteiger partial charge is 0.296 e. The van der Waals surface area contributed by atoms with Crippen molar-refractivity contribution < 1.29 is 53.8 Å². The van der Waals surface area contributed by atoms with Gasteiger partial charge in [-0.1, -0.05) is 44.6 Å². The topological polar surface area (TPSA) is 180 Å². The molecule has 1 unspecified atom stereocenters. The van der Waals surface area contributed by atoms with Crippen molar-refractivity contribution in [1.82, 2.24) is 4.90 Å². The molecular weight excluding hydrogens is 718 g/mol. The molecule has 3 heterocycles. The predicted molar refractivity (Wildman–Crippen MR) is 211 cm³/mol. The molecule has 0 radical (unpaired) electrons. The van der Waals surface area contributed by atoms with Gasteiger partial charge in [-0.3, -0.25) is 14.4 Å². The first-order chi connectivity index (χ1) is 26.6. The highest BCUT2D eigenvalue weighted by Crippen LogP contribution is 2.40. The fraction of sp³-hybridized carbons (Fsp3) is 0.773. The van der Waals surface area contributed by atoms with Gasteiger partial charge < -0.3 is 44.3 Å². The van der Waals surface area contributed by atoms with Crippen LogP contribution in [0.5, 0.6) is 0 Å². The summed E-state index contributed by atoms with van der Waals surface area (Å²) in [6.45, 7) is 13.4. The summed E-state index contributed by atoms with van der Waals surface area (Å²) in [5, 5.41) is 43.9. The van der Waals surface area contributed by atoms with Crippen molar-refractivity contribution in [2.24, 2.45) is 41.4 Å². The Kier molecular flexibility index (Phi) is 17.2. The van der Waals surface area contributed by atoms with Crippen LogP contribution in [0.2, 0.25) is 0 Å². The van der Waals surface area contributed by atoms with E-state index in [9.17, 15) is 39.6 Å². The SMILES string of the molecule is C=CC[C@@H]1/C=C(\C)C[C@H](C)C[C@H](OC)C2O[C@@](O)(C(=O)C(=O)N3CCCC[C@H]3CO[C@H](/C(C)=C/[C@@H]3CC[C@@H](O)[C@H](CO)C3)[C@H](C)[C@@H](O)CC1=O)[C@H](C)C[C@@H]2C=O. The number of ketones is 2. The number of methoxy groups -OCH3 is 1. The first-order valence-electron chi connectivity index (χ1n) is 20.9. The van der Waals surface area contributed by atoms with E-state index in [1.807, 2.05) is 33.8 Å². The number of aliphatic hydroxyl groups excluding tert-OH is 3. The molecule has 1 saturated carbocycles. The van der Waals surface area contributed by atoms with E-state index in [4.69, 9.17) is 14.2 Å². The van der Waals surface area contributed by atoms with Gasteiger partial charge >= 0.3 is 0 Å². The Morgan fingerprint density at radius 2 is 1.79 bits per heavy atom. The highest BCUT2D eigenvalue weighted by atomic mass is 16.7. The van der Waals surface area contributed by atoms with Gasteiger partial charge in [0, 0.05) is 56.3 Å². The number of amides is 1. The van der Waals surface area contributed by atoms with Crippen LogP contribution in [0.4, 0.5) is 0 Å². The second kappa shape index (κ2) is 20.9. The van der Waals surface area contributed by atoms with Crippen LogP contribution in [0, 0.1) is 41.4 Å². The molecule has 316 valence electrons. The van der Waals surface area contributed by atoms with Crippen LogP contribution in [0.1, 0.15) is 105 Å². The van der Waals surface area contributed by atoms with E-state index >= 15 is 0 Å². The lowest BCUT2D eigenvalue weighted by atomic mass is 9.78. The maximum absolute atomic E-state index is 14.2. The predicted octanol–water partition coefficient (Wildman–Crippen LogP) is 4.51. The van der Waals surface area contributed by atoms with E-state index in [1.54, 1.807) is 13.0 Å². The average Bonchev–Trinajstić information content (AvgIpc) is 3.17. The Bertz CT molecular complexity index is 1430. The second-order valence-corrected chi connectivity index (χ2v) is 17.5. The molecule has 4 N–H and O–H groups in total. The number of aliphatic hydroxyl groups is 4. The lowest BCUT2D eigenvalue weighted by Crippen LogP contribution is -2.63. The molecule has 0 aromatic rings. The third kappa shape index (κ3) is 11.1. The number of ether oxygens (including phenoxy) is 3. The minimum atomic E-state index is -2.47. The van der Waals surface area contributed by atoms with Gasteiger partial charge in [0.25, 0.3) is 11.7 Å². The molecular formula is C44H69NO11. The standard InChI is InChI=1S/C44H69NO11/c1-8-11-32-17-26(2)16-27(3)18-39(54-7)41-34(24-47)20-29(5)44(53,56-41)42(51)43(52)45-15-10-9-12-35(45)25-55-40(30(6)37(49)22-38(32)50)28(4)19-31-13-14-36(48)33(21-31)23-46/h8,17,19,24,27,29-37,39-41,46,48-49,53H,1,9-16,18,20-23,25H2,2-7H3/b26-17+,28-19+/t27-,29+,30+,31-,32+,33-,34+,35-,36+,37-,39-,40+,41?,44+/m0/s1. The highest BCUT2D eigenvalue weighted by molar-refractivity contribution is 6.38. The highest BCUT2D eigenvalue weighted by Gasteiger charge is 2.56. The zero-order chi connectivity index (χ0) is 41.3. The maximum Gasteiger partial charge on any atom is 0.296 e. The Morgan fingerprint density at radius 1 is 1.05 bits per heavy atom. The van der Waals surface area contributed by atoms with Crippen LogP contribution in [0.15, 0.2) is 36.0 Å². The van der Waals surface area contributed by atoms with Gasteiger partial charge in [-0.15, -0.1) is 6.58 Å². The molecule has 12 heteroatoms. The van der Waals surface area contributed by atoms with Crippen LogP contribution >= 0.6 is 0 Å². The second-order valence-electron chi connectivity index (χ2n) is 17.5. The van der Waals surface area contributed by atoms with Crippen LogP contribution in [-0.2, 0) is 33.4 Å². The number of aldehydes is 1. The van der Waals surface area contributed by atoms with Crippen molar-refractivity contribution in [1.29, 1.82) is 0 Å². The number of Topliss-reactive ketones (excluding diaryl/α,β-unsaturated/α-hetero) is 2. The van der Waals surface area contributed by atoms with Gasteiger partial charge in [0.05, 0.1) is 43.2 Å². The summed E-state index contributed by atoms with van der Waals surface area (Å²) in [7, 11) is 1.50. The van der Waals surface area contributed by atoms with E-state index in [1.165, 1.54) is 12.0 Å². The third-order valence-electron chi connectivity index (χ3n) is 13.0. The number of piperidine rings is 1. The van der Waals surface area contributed by atoms with Crippen molar-refractivity contribution in [2.45, 2.75) is 148 Å². The molecule has 14 atom stereocenters. The Hall–Kier alpha value is -2.58. The van der Waals surface area contributed by atoms with E-state index in [0.717, 1.165) is 30.3 Å². The van der Waals surface area contributed by atoms with Crippen LogP contribution in [-0.4, -0.2) is 118 Å². The molecule has 0 aromatic carbocycles. The molecule has 3 fully saturated rings. The molecule has 0 spiro atoms. The molecule has 2 saturated heterocycles. The van der Waals surface area contributed by atoms with Gasteiger partial charge in [0.2, 0.25) is 5.79 Å². The van der Waals surface area contributed by atoms with E-state index in [2.05, 4.69) is 12.7 Å². The molecule has 0 aromatic heterocycles. The average molecular weight is 788 g/mol. The van der Waals surface area contributed by atoms with Crippen molar-refractivity contribution in [2.75, 3.05) is 26.9 Å². The molecule has 4 rings (SSSR count). The number of hydrogen-bond acceptors (Lipinski definition) is 11. The zero-order valence-electron chi connectivity index (χ0n) is 34.5. The minimum absolute atomic E-state index is 0.0158. The molecule has 1 aliphatic carbocycles. The van der Waals surface area contributed by atoms with E-state index in [0.29, 0.717) is 44.9 Å². The van der Waals surface area contributed by atoms with Gasteiger partial charge in [0.1, 0.15) is 12.1 Å². The summed E-state index contributed by atoms with van der Waals surface area (Å²) in [4.78, 5) is 56.1. The van der Waals surface area contributed by atoms with Crippen molar-refractivity contribution in [3.8, 4) is 0 Å². The number of fused-ring (bicyclic) bond motifs is 3. The Morgan fingerprint density at radius 3 is 2.45 bits per heavy atom. The van der Waals surface area contributed by atoms with Crippen molar-refractivity contribution in [3.05, 3.63) is 36.0 Å². The van der Waals surface area contributed by atoms with Crippen molar-refractivity contribution in [3.63, 3.8) is 0 Å². The number of carbonyl (C=O) groups excluding carboxylic acids is 4. The lowest BCUT2D eigenvalue weighted by Gasteiger charge is -2.46. The number of nitrogens with zero attached hydrogens (tertiary/aromatic N) is 1. The monoisotopic (exact) mass is 787 g/mol. The molecule has 4 aliphatic rings. The maximum atomic E-state index is 14.2. The van der Waals surface area contributed by atoms with Crippen LogP contribution in [0.25, 0.3) is 0 Å². The molecule has 56 heavy (non-hydrogen) atoms. The van der Waals surface area contributed by atoms with E-state index in [-0.39, 0.29) is 56.1 Å². The summed E-state index contributed by atoms with van der Waals surface area (Å²) in [6.07, 6.45) is 7.84. The largest absolute Gasteiger partial charge is 0.396 e. The van der Waals surface area contributed by atoms with Crippen molar-refractivity contribution >= 4 is 23.8 Å². The van der Waals surface area contributed by atoms with Gasteiger partial charge in [0.15, 0.2) is 0 Å². The van der Waals surface area contributed by atoms with Gasteiger partial charge in [-0.25, -0.2) is 0 Å². The number of hydrogen-bond donors (Lipinski definition) is 4. The van der Waals surface area contributed by atoms with E-state index < -0.39 is 77.7 Å². The lowest BCUT2D eigenvalue weighted by molar-refractivity contribution is -0.287.